The Morgan fingerprint density at radius 3 is 2.73 bits per heavy atom. The first kappa shape index (κ1) is 21.1. The number of nitro benzene ring substituents is 1. The summed E-state index contributed by atoms with van der Waals surface area (Å²) in [6.45, 7) is 0. The number of aromatic nitrogens is 5. The molecule has 4 aromatic rings. The molecule has 0 saturated heterocycles. The second-order valence-electron chi connectivity index (χ2n) is 6.45. The van der Waals surface area contributed by atoms with Crippen molar-refractivity contribution in [1.29, 1.82) is 0 Å². The molecule has 0 spiro atoms. The van der Waals surface area contributed by atoms with Gasteiger partial charge in [-0.1, -0.05) is 17.3 Å². The fraction of sp³-hybridized carbons (Fsp3) is 0.0526. The van der Waals surface area contributed by atoms with Gasteiger partial charge in [-0.05, 0) is 40.1 Å². The topological polar surface area (TPSA) is 189 Å². The number of nitrogens with two attached hydrogens (primary N) is 1. The van der Waals surface area contributed by atoms with Crippen molar-refractivity contribution in [3.05, 3.63) is 69.9 Å². The minimum absolute atomic E-state index is 0.0372. The molecule has 0 aliphatic carbocycles. The number of rotatable bonds is 7. The van der Waals surface area contributed by atoms with Crippen LogP contribution in [0.15, 0.2) is 58.3 Å². The molecule has 166 valence electrons. The molecule has 14 nitrogen and oxygen atoms in total. The molecule has 33 heavy (non-hydrogen) atoms. The highest BCUT2D eigenvalue weighted by atomic mass is 16.6. The Kier molecular flexibility index (Phi) is 5.71. The highest BCUT2D eigenvalue weighted by molar-refractivity contribution is 5.99. The van der Waals surface area contributed by atoms with Gasteiger partial charge in [0.25, 0.3) is 11.6 Å². The van der Waals surface area contributed by atoms with E-state index in [2.05, 4.69) is 35.8 Å². The Labute approximate surface area is 184 Å². The van der Waals surface area contributed by atoms with Gasteiger partial charge in [0, 0.05) is 17.7 Å². The maximum Gasteiger partial charge on any atom is 0.294 e. The molecule has 0 aliphatic rings. The average molecular weight is 449 g/mol. The number of anilines is 1. The molecule has 0 bridgehead atoms. The van der Waals surface area contributed by atoms with Crippen LogP contribution < -0.4 is 15.9 Å². The molecule has 2 heterocycles. The zero-order valence-corrected chi connectivity index (χ0v) is 16.9. The zero-order chi connectivity index (χ0) is 23.4. The van der Waals surface area contributed by atoms with Crippen molar-refractivity contribution in [1.82, 2.24) is 30.7 Å². The van der Waals surface area contributed by atoms with Gasteiger partial charge >= 0.3 is 0 Å². The van der Waals surface area contributed by atoms with Gasteiger partial charge in [0.05, 0.1) is 18.2 Å². The number of non-ortho nitro benzene ring substituents is 1. The van der Waals surface area contributed by atoms with Gasteiger partial charge in [0.1, 0.15) is 11.4 Å². The molecule has 0 radical (unpaired) electrons. The van der Waals surface area contributed by atoms with E-state index >= 15 is 0 Å². The van der Waals surface area contributed by atoms with Crippen LogP contribution in [-0.4, -0.2) is 49.5 Å². The van der Waals surface area contributed by atoms with Crippen molar-refractivity contribution in [2.45, 2.75) is 0 Å². The summed E-state index contributed by atoms with van der Waals surface area (Å²) in [5, 5.41) is 30.1. The summed E-state index contributed by atoms with van der Waals surface area (Å²) < 4.78 is 10.8. The van der Waals surface area contributed by atoms with Crippen molar-refractivity contribution in [2.24, 2.45) is 5.10 Å². The molecule has 0 aliphatic heterocycles. The molecule has 2 aromatic heterocycles. The van der Waals surface area contributed by atoms with Crippen LogP contribution in [0, 0.1) is 10.1 Å². The number of nitrogen functional groups attached to an aromatic ring is 1. The molecule has 1 amide bonds. The van der Waals surface area contributed by atoms with Gasteiger partial charge in [0.2, 0.25) is 11.6 Å². The van der Waals surface area contributed by atoms with Gasteiger partial charge in [-0.3, -0.25) is 14.9 Å². The fourth-order valence-corrected chi connectivity index (χ4v) is 2.86. The number of carbonyl (C=O) groups excluding carboxylic acids is 1. The van der Waals surface area contributed by atoms with Gasteiger partial charge in [-0.25, -0.2) is 10.1 Å². The third kappa shape index (κ3) is 4.34. The number of nitrogens with zero attached hydrogens (tertiary/aromatic N) is 7. The van der Waals surface area contributed by atoms with Crippen LogP contribution in [0.4, 0.5) is 11.5 Å². The maximum atomic E-state index is 12.8. The van der Waals surface area contributed by atoms with Gasteiger partial charge in [0.15, 0.2) is 5.69 Å². The number of benzene rings is 2. The average Bonchev–Trinajstić information content (AvgIpc) is 3.45. The molecule has 2 aromatic carbocycles. The molecular weight excluding hydrogens is 434 g/mol. The smallest absolute Gasteiger partial charge is 0.294 e. The standard InChI is InChI=1S/C19H15N9O5/c1-32-14-7-5-11(6-8-14)10-21-23-19(29)15-16(12-3-2-4-13(9-12)28(30)31)27(26-22-15)18-17(20)24-33-25-18/h2-10H,1H3,(H2,20,24)(H,23,29)/b21-10-. The van der Waals surface area contributed by atoms with E-state index in [0.29, 0.717) is 11.3 Å². The number of carbonyl (C=O) groups is 1. The number of nitrogens with one attached hydrogen (secondary N) is 1. The van der Waals surface area contributed by atoms with Crippen molar-refractivity contribution in [2.75, 3.05) is 12.8 Å². The van der Waals surface area contributed by atoms with Gasteiger partial charge in [-0.15, -0.1) is 5.10 Å². The summed E-state index contributed by atoms with van der Waals surface area (Å²) in [5.41, 5.74) is 8.79. The van der Waals surface area contributed by atoms with E-state index in [4.69, 9.17) is 10.5 Å². The first-order chi connectivity index (χ1) is 16.0. The number of ether oxygens (including phenoxy) is 1. The van der Waals surface area contributed by atoms with Crippen LogP contribution in [0.1, 0.15) is 16.1 Å². The maximum absolute atomic E-state index is 12.8. The second-order valence-corrected chi connectivity index (χ2v) is 6.45. The van der Waals surface area contributed by atoms with E-state index < -0.39 is 10.8 Å². The Morgan fingerprint density at radius 2 is 2.06 bits per heavy atom. The summed E-state index contributed by atoms with van der Waals surface area (Å²) in [5.74, 6) is -0.195. The fourth-order valence-electron chi connectivity index (χ4n) is 2.86. The SMILES string of the molecule is COc1ccc(/C=N\NC(=O)c2nnn(-c3nonc3N)c2-c2cccc([N+](=O)[O-])c2)cc1. The Bertz CT molecular complexity index is 1340. The molecule has 0 atom stereocenters. The minimum atomic E-state index is -0.720. The third-order valence-electron chi connectivity index (χ3n) is 4.41. The molecule has 0 saturated carbocycles. The van der Waals surface area contributed by atoms with E-state index in [1.165, 1.54) is 24.4 Å². The lowest BCUT2D eigenvalue weighted by Crippen LogP contribution is -2.19. The molecular formula is C19H15N9O5. The monoisotopic (exact) mass is 449 g/mol. The predicted molar refractivity (Wildman–Crippen MR) is 114 cm³/mol. The lowest BCUT2D eigenvalue weighted by Gasteiger charge is -2.06. The molecule has 0 fully saturated rings. The van der Waals surface area contributed by atoms with E-state index in [9.17, 15) is 14.9 Å². The number of amides is 1. The van der Waals surface area contributed by atoms with Crippen LogP contribution >= 0.6 is 0 Å². The van der Waals surface area contributed by atoms with Crippen LogP contribution in [0.2, 0.25) is 0 Å². The summed E-state index contributed by atoms with van der Waals surface area (Å²) in [4.78, 5) is 23.5. The first-order valence-electron chi connectivity index (χ1n) is 9.24. The predicted octanol–water partition coefficient (Wildman–Crippen LogP) is 1.58. The van der Waals surface area contributed by atoms with E-state index in [1.54, 1.807) is 37.4 Å². The summed E-state index contributed by atoms with van der Waals surface area (Å²) in [7, 11) is 1.55. The van der Waals surface area contributed by atoms with E-state index in [0.717, 1.165) is 4.68 Å². The Morgan fingerprint density at radius 1 is 1.27 bits per heavy atom. The molecule has 0 unspecified atom stereocenters. The Balaban J connectivity index is 1.69. The van der Waals surface area contributed by atoms with Crippen molar-refractivity contribution >= 4 is 23.6 Å². The van der Waals surface area contributed by atoms with Crippen molar-refractivity contribution in [3.8, 4) is 22.8 Å². The van der Waals surface area contributed by atoms with E-state index in [1.807, 2.05) is 0 Å². The number of methoxy groups -OCH3 is 1. The first-order valence-corrected chi connectivity index (χ1v) is 9.24. The van der Waals surface area contributed by atoms with Gasteiger partial charge < -0.3 is 10.5 Å². The normalized spacial score (nSPS) is 10.9. The highest BCUT2D eigenvalue weighted by Gasteiger charge is 2.26. The van der Waals surface area contributed by atoms with Crippen LogP contribution in [-0.2, 0) is 0 Å². The zero-order valence-electron chi connectivity index (χ0n) is 16.9. The number of nitro groups is 1. The summed E-state index contributed by atoms with van der Waals surface area (Å²) >= 11 is 0. The largest absolute Gasteiger partial charge is 0.497 e. The molecule has 4 rings (SSSR count). The summed E-state index contributed by atoms with van der Waals surface area (Å²) in [6, 6.07) is 12.6. The summed E-state index contributed by atoms with van der Waals surface area (Å²) in [6.07, 6.45) is 1.42. The van der Waals surface area contributed by atoms with Crippen LogP contribution in [0.25, 0.3) is 17.1 Å². The number of hydrogen-bond acceptors (Lipinski definition) is 11. The third-order valence-corrected chi connectivity index (χ3v) is 4.41. The Hall–Kier alpha value is -5.14. The van der Waals surface area contributed by atoms with Crippen LogP contribution in [0.3, 0.4) is 0 Å². The number of hydrazone groups is 1. The molecule has 14 heteroatoms. The van der Waals surface area contributed by atoms with E-state index in [-0.39, 0.29) is 34.3 Å². The van der Waals surface area contributed by atoms with Gasteiger partial charge in [-0.2, -0.15) is 9.78 Å². The number of hydrogen-bond donors (Lipinski definition) is 2. The lowest BCUT2D eigenvalue weighted by atomic mass is 10.1. The lowest BCUT2D eigenvalue weighted by molar-refractivity contribution is -0.384. The van der Waals surface area contributed by atoms with Crippen molar-refractivity contribution in [3.63, 3.8) is 0 Å². The van der Waals surface area contributed by atoms with Crippen molar-refractivity contribution < 1.29 is 19.1 Å². The van der Waals surface area contributed by atoms with Crippen LogP contribution in [0.5, 0.6) is 5.75 Å². The highest BCUT2D eigenvalue weighted by Crippen LogP contribution is 2.29. The second kappa shape index (κ2) is 8.93. The molecule has 3 N–H and O–H groups in total. The minimum Gasteiger partial charge on any atom is -0.497 e. The quantitative estimate of drug-likeness (QED) is 0.238.